The second-order valence-electron chi connectivity index (χ2n) is 5.63. The fourth-order valence-electron chi connectivity index (χ4n) is 2.57. The maximum Gasteiger partial charge on any atom is 0.227 e. The topological polar surface area (TPSA) is 64.6 Å². The standard InChI is InChI=1S/C17H21NO4/c1-9(2)17(20)18-13-8-14(21-4)12-7-11(19)6-10(3)15(12)16(13)22-5/h6,8-9H,7H2,1-5H3,(H,18,20). The molecule has 118 valence electrons. The number of fused-ring (bicyclic) bond motifs is 1. The maximum absolute atomic E-state index is 12.0. The molecular formula is C17H21NO4. The first kappa shape index (κ1) is 16.1. The SMILES string of the molecule is COc1cc(NC(=O)C(C)C)c(OC)c2c1CC(=O)C=C2C. The Hall–Kier alpha value is -2.30. The van der Waals surface area contributed by atoms with Crippen molar-refractivity contribution < 1.29 is 19.1 Å². The number of ether oxygens (including phenoxy) is 2. The summed E-state index contributed by atoms with van der Waals surface area (Å²) in [6.45, 7) is 5.49. The quantitative estimate of drug-likeness (QED) is 0.929. The van der Waals surface area contributed by atoms with Crippen molar-refractivity contribution >= 4 is 23.0 Å². The van der Waals surface area contributed by atoms with Crippen molar-refractivity contribution in [2.24, 2.45) is 5.92 Å². The van der Waals surface area contributed by atoms with E-state index in [1.165, 1.54) is 0 Å². The minimum atomic E-state index is -0.148. The van der Waals surface area contributed by atoms with Crippen LogP contribution in [0.25, 0.3) is 5.57 Å². The molecule has 5 heteroatoms. The molecule has 0 aromatic heterocycles. The molecule has 2 rings (SSSR count). The van der Waals surface area contributed by atoms with Crippen LogP contribution in [0.4, 0.5) is 5.69 Å². The number of amides is 1. The molecule has 0 saturated heterocycles. The van der Waals surface area contributed by atoms with Crippen molar-refractivity contribution in [1.29, 1.82) is 0 Å². The summed E-state index contributed by atoms with van der Waals surface area (Å²) in [5, 5.41) is 2.86. The van der Waals surface area contributed by atoms with Gasteiger partial charge in [-0.2, -0.15) is 0 Å². The lowest BCUT2D eigenvalue weighted by Crippen LogP contribution is -2.19. The third-order valence-electron chi connectivity index (χ3n) is 3.68. The van der Waals surface area contributed by atoms with Gasteiger partial charge < -0.3 is 14.8 Å². The smallest absolute Gasteiger partial charge is 0.227 e. The average molecular weight is 303 g/mol. The number of anilines is 1. The monoisotopic (exact) mass is 303 g/mol. The number of carbonyl (C=O) groups is 2. The van der Waals surface area contributed by atoms with E-state index in [2.05, 4.69) is 5.32 Å². The van der Waals surface area contributed by atoms with E-state index in [-0.39, 0.29) is 24.0 Å². The van der Waals surface area contributed by atoms with Gasteiger partial charge in [0.25, 0.3) is 0 Å². The predicted octanol–water partition coefficient (Wildman–Crippen LogP) is 2.83. The lowest BCUT2D eigenvalue weighted by Gasteiger charge is -2.23. The molecule has 0 bridgehead atoms. The molecule has 5 nitrogen and oxygen atoms in total. The first-order chi connectivity index (χ1) is 10.4. The number of carbonyl (C=O) groups excluding carboxylic acids is 2. The van der Waals surface area contributed by atoms with Crippen LogP contribution >= 0.6 is 0 Å². The van der Waals surface area contributed by atoms with Crippen molar-refractivity contribution in [2.75, 3.05) is 19.5 Å². The Labute approximate surface area is 130 Å². The molecule has 0 radical (unpaired) electrons. The highest BCUT2D eigenvalue weighted by Crippen LogP contribution is 2.43. The van der Waals surface area contributed by atoms with E-state index in [0.29, 0.717) is 17.2 Å². The van der Waals surface area contributed by atoms with Gasteiger partial charge in [-0.1, -0.05) is 13.8 Å². The molecule has 0 aliphatic heterocycles. The molecule has 1 aliphatic carbocycles. The summed E-state index contributed by atoms with van der Waals surface area (Å²) in [5.41, 5.74) is 2.98. The van der Waals surface area contributed by atoms with Crippen LogP contribution < -0.4 is 14.8 Å². The molecule has 1 N–H and O–H groups in total. The minimum Gasteiger partial charge on any atom is -0.496 e. The summed E-state index contributed by atoms with van der Waals surface area (Å²) in [4.78, 5) is 23.8. The van der Waals surface area contributed by atoms with Gasteiger partial charge in [0, 0.05) is 29.5 Å². The highest BCUT2D eigenvalue weighted by atomic mass is 16.5. The van der Waals surface area contributed by atoms with Crippen molar-refractivity contribution in [3.05, 3.63) is 23.3 Å². The van der Waals surface area contributed by atoms with Gasteiger partial charge in [-0.15, -0.1) is 0 Å². The zero-order valence-electron chi connectivity index (χ0n) is 13.6. The third-order valence-corrected chi connectivity index (χ3v) is 3.68. The molecule has 0 heterocycles. The third kappa shape index (κ3) is 2.84. The van der Waals surface area contributed by atoms with E-state index in [1.54, 1.807) is 26.4 Å². The van der Waals surface area contributed by atoms with Crippen molar-refractivity contribution in [3.8, 4) is 11.5 Å². The number of allylic oxidation sites excluding steroid dienone is 2. The van der Waals surface area contributed by atoms with E-state index in [0.717, 1.165) is 16.7 Å². The average Bonchev–Trinajstić information content (AvgIpc) is 2.46. The van der Waals surface area contributed by atoms with E-state index in [4.69, 9.17) is 9.47 Å². The Morgan fingerprint density at radius 3 is 2.50 bits per heavy atom. The first-order valence-corrected chi connectivity index (χ1v) is 7.19. The highest BCUT2D eigenvalue weighted by molar-refractivity contribution is 6.05. The summed E-state index contributed by atoms with van der Waals surface area (Å²) in [5.74, 6) is 0.921. The number of nitrogens with one attached hydrogen (secondary N) is 1. The number of methoxy groups -OCH3 is 2. The largest absolute Gasteiger partial charge is 0.496 e. The maximum atomic E-state index is 12.0. The van der Waals surface area contributed by atoms with Crippen molar-refractivity contribution in [1.82, 2.24) is 0 Å². The van der Waals surface area contributed by atoms with Gasteiger partial charge in [0.15, 0.2) is 5.78 Å². The van der Waals surface area contributed by atoms with Gasteiger partial charge in [-0.25, -0.2) is 0 Å². The molecule has 0 unspecified atom stereocenters. The molecular weight excluding hydrogens is 282 g/mol. The Balaban J connectivity index is 2.64. The Morgan fingerprint density at radius 1 is 1.27 bits per heavy atom. The van der Waals surface area contributed by atoms with Crippen LogP contribution in [0.3, 0.4) is 0 Å². The van der Waals surface area contributed by atoms with Gasteiger partial charge >= 0.3 is 0 Å². The van der Waals surface area contributed by atoms with E-state index >= 15 is 0 Å². The van der Waals surface area contributed by atoms with Crippen LogP contribution in [0, 0.1) is 5.92 Å². The fourth-order valence-corrected chi connectivity index (χ4v) is 2.57. The number of benzene rings is 1. The summed E-state index contributed by atoms with van der Waals surface area (Å²) in [6, 6.07) is 1.71. The highest BCUT2D eigenvalue weighted by Gasteiger charge is 2.26. The van der Waals surface area contributed by atoms with Gasteiger partial charge in [0.05, 0.1) is 19.9 Å². The number of rotatable bonds is 4. The second-order valence-corrected chi connectivity index (χ2v) is 5.63. The summed E-state index contributed by atoms with van der Waals surface area (Å²) < 4.78 is 10.9. The summed E-state index contributed by atoms with van der Waals surface area (Å²) >= 11 is 0. The molecule has 0 atom stereocenters. The normalized spacial score (nSPS) is 13.5. The lowest BCUT2D eigenvalue weighted by atomic mass is 9.88. The van der Waals surface area contributed by atoms with Gasteiger partial charge in [0.1, 0.15) is 11.5 Å². The van der Waals surface area contributed by atoms with Gasteiger partial charge in [-0.3, -0.25) is 9.59 Å². The molecule has 1 amide bonds. The van der Waals surface area contributed by atoms with Crippen molar-refractivity contribution in [3.63, 3.8) is 0 Å². The number of ketones is 1. The number of hydrogen-bond acceptors (Lipinski definition) is 4. The first-order valence-electron chi connectivity index (χ1n) is 7.19. The van der Waals surface area contributed by atoms with Crippen LogP contribution in [0.15, 0.2) is 12.1 Å². The van der Waals surface area contributed by atoms with E-state index in [9.17, 15) is 9.59 Å². The van der Waals surface area contributed by atoms with Crippen LogP contribution in [0.1, 0.15) is 31.9 Å². The Kier molecular flexibility index (Phi) is 4.54. The van der Waals surface area contributed by atoms with Crippen LogP contribution in [-0.4, -0.2) is 25.9 Å². The van der Waals surface area contributed by atoms with Crippen molar-refractivity contribution in [2.45, 2.75) is 27.2 Å². The lowest BCUT2D eigenvalue weighted by molar-refractivity contribution is -0.119. The summed E-state index contributed by atoms with van der Waals surface area (Å²) in [6.07, 6.45) is 1.86. The van der Waals surface area contributed by atoms with Crippen LogP contribution in [-0.2, 0) is 16.0 Å². The predicted molar refractivity (Wildman–Crippen MR) is 85.4 cm³/mol. The van der Waals surface area contributed by atoms with E-state index < -0.39 is 0 Å². The minimum absolute atomic E-state index is 0.0318. The molecule has 0 spiro atoms. The zero-order chi connectivity index (χ0) is 16.4. The number of hydrogen-bond donors (Lipinski definition) is 1. The van der Waals surface area contributed by atoms with E-state index in [1.807, 2.05) is 20.8 Å². The Morgan fingerprint density at radius 2 is 1.95 bits per heavy atom. The molecule has 22 heavy (non-hydrogen) atoms. The van der Waals surface area contributed by atoms with Gasteiger partial charge in [-0.05, 0) is 18.6 Å². The summed E-state index contributed by atoms with van der Waals surface area (Å²) in [7, 11) is 3.10. The fraction of sp³-hybridized carbons (Fsp3) is 0.412. The zero-order valence-corrected chi connectivity index (χ0v) is 13.6. The van der Waals surface area contributed by atoms with Gasteiger partial charge in [0.2, 0.25) is 5.91 Å². The van der Waals surface area contributed by atoms with Crippen LogP contribution in [0.2, 0.25) is 0 Å². The molecule has 1 aromatic carbocycles. The molecule has 0 fully saturated rings. The second kappa shape index (κ2) is 6.22. The molecule has 1 aliphatic rings. The molecule has 0 saturated carbocycles. The molecule has 1 aromatic rings. The Bertz CT molecular complexity index is 659. The van der Waals surface area contributed by atoms with Crippen LogP contribution in [0.5, 0.6) is 11.5 Å².